The summed E-state index contributed by atoms with van der Waals surface area (Å²) in [5.74, 6) is -0.671. The second-order valence-electron chi connectivity index (χ2n) is 7.91. The summed E-state index contributed by atoms with van der Waals surface area (Å²) in [5.41, 5.74) is 3.67. The number of esters is 1. The molecule has 0 aliphatic heterocycles. The Bertz CT molecular complexity index is 1010. The standard InChI is InChI=1S/C23H24N2O6Se/c1-23(2,3)30-21(27)24-18(20(26)29-4)13-32-22(28)31-25-19-16-11-7-5-9-14(16)15-10-6-8-12-17(15)19/h5-12,18H,13H2,1-4H3,(H,24,27)/t18-/m0/s1. The van der Waals surface area contributed by atoms with E-state index in [0.717, 1.165) is 22.3 Å². The predicted molar refractivity (Wildman–Crippen MR) is 120 cm³/mol. The topological polar surface area (TPSA) is 103 Å². The fourth-order valence-corrected chi connectivity index (χ4v) is 4.40. The van der Waals surface area contributed by atoms with Gasteiger partial charge in [0, 0.05) is 0 Å². The molecule has 1 aliphatic carbocycles. The molecule has 8 nitrogen and oxygen atoms in total. The van der Waals surface area contributed by atoms with E-state index in [-0.39, 0.29) is 5.32 Å². The summed E-state index contributed by atoms with van der Waals surface area (Å²) in [5, 5.41) is 6.59. The SMILES string of the molecule is COC(=O)[C@H](C[Se]C(=O)ON=C1c2ccccc2-c2ccccc21)NC(=O)OC(C)(C)C. The van der Waals surface area contributed by atoms with Gasteiger partial charge in [-0.15, -0.1) is 0 Å². The number of oxime groups is 1. The van der Waals surface area contributed by atoms with Crippen LogP contribution in [0.15, 0.2) is 53.7 Å². The Hall–Kier alpha value is -3.16. The normalized spacial score (nSPS) is 12.8. The maximum atomic E-state index is 12.4. The Morgan fingerprint density at radius 1 is 0.969 bits per heavy atom. The van der Waals surface area contributed by atoms with E-state index in [1.165, 1.54) is 7.11 Å². The van der Waals surface area contributed by atoms with Crippen LogP contribution in [0.2, 0.25) is 5.32 Å². The quantitative estimate of drug-likeness (QED) is 0.238. The summed E-state index contributed by atoms with van der Waals surface area (Å²) in [7, 11) is 1.21. The van der Waals surface area contributed by atoms with E-state index < -0.39 is 43.5 Å². The minimum atomic E-state index is -1.03. The van der Waals surface area contributed by atoms with Crippen LogP contribution in [-0.4, -0.2) is 56.4 Å². The Balaban J connectivity index is 1.65. The molecule has 0 spiro atoms. The van der Waals surface area contributed by atoms with Gasteiger partial charge in [-0.1, -0.05) is 0 Å². The first-order valence-electron chi connectivity index (χ1n) is 9.88. The third kappa shape index (κ3) is 5.75. The molecule has 0 radical (unpaired) electrons. The molecular weight excluding hydrogens is 479 g/mol. The molecule has 0 aromatic heterocycles. The number of alkyl carbamates (subject to hydrolysis) is 1. The number of carbonyl (C=O) groups is 3. The van der Waals surface area contributed by atoms with Crippen LogP contribution < -0.4 is 5.32 Å². The third-order valence-corrected chi connectivity index (χ3v) is 6.11. The summed E-state index contributed by atoms with van der Waals surface area (Å²) in [6.07, 6.45) is -0.767. The number of amides is 1. The van der Waals surface area contributed by atoms with Crippen molar-refractivity contribution in [1.82, 2.24) is 5.32 Å². The van der Waals surface area contributed by atoms with Crippen molar-refractivity contribution < 1.29 is 28.7 Å². The van der Waals surface area contributed by atoms with E-state index >= 15 is 0 Å². The molecule has 1 amide bonds. The van der Waals surface area contributed by atoms with E-state index in [0.29, 0.717) is 5.71 Å². The van der Waals surface area contributed by atoms with Gasteiger partial charge in [-0.2, -0.15) is 0 Å². The Labute approximate surface area is 192 Å². The van der Waals surface area contributed by atoms with E-state index in [1.54, 1.807) is 20.8 Å². The van der Waals surface area contributed by atoms with Gasteiger partial charge in [0.1, 0.15) is 0 Å². The van der Waals surface area contributed by atoms with Crippen LogP contribution in [0.1, 0.15) is 31.9 Å². The number of ether oxygens (including phenoxy) is 2. The second-order valence-corrected chi connectivity index (χ2v) is 9.91. The van der Waals surface area contributed by atoms with Crippen LogP contribution in [0.25, 0.3) is 11.1 Å². The van der Waals surface area contributed by atoms with Crippen LogP contribution in [-0.2, 0) is 19.1 Å². The number of benzene rings is 2. The molecule has 168 valence electrons. The zero-order valence-corrected chi connectivity index (χ0v) is 19.9. The van der Waals surface area contributed by atoms with Gasteiger partial charge in [0.15, 0.2) is 0 Å². The molecule has 1 N–H and O–H groups in total. The molecule has 2 aromatic rings. The van der Waals surface area contributed by atoms with Gasteiger partial charge in [-0.25, -0.2) is 0 Å². The van der Waals surface area contributed by atoms with Gasteiger partial charge < -0.3 is 0 Å². The number of fused-ring (bicyclic) bond motifs is 3. The van der Waals surface area contributed by atoms with Crippen molar-refractivity contribution in [3.8, 4) is 11.1 Å². The van der Waals surface area contributed by atoms with Crippen LogP contribution in [0.3, 0.4) is 0 Å². The molecule has 0 unspecified atom stereocenters. The average molecular weight is 503 g/mol. The summed E-state index contributed by atoms with van der Waals surface area (Å²) in [6.45, 7) is 5.12. The first kappa shape index (κ1) is 23.5. The zero-order valence-electron chi connectivity index (χ0n) is 18.2. The summed E-state index contributed by atoms with van der Waals surface area (Å²) < 4.78 is 9.88. The van der Waals surface area contributed by atoms with E-state index in [1.807, 2.05) is 48.5 Å². The fourth-order valence-electron chi connectivity index (χ4n) is 3.11. The predicted octanol–water partition coefficient (Wildman–Crippen LogP) is 3.74. The molecular formula is C23H24N2O6Se. The Morgan fingerprint density at radius 2 is 1.50 bits per heavy atom. The van der Waals surface area contributed by atoms with E-state index in [4.69, 9.17) is 14.3 Å². The summed E-state index contributed by atoms with van der Waals surface area (Å²) in [4.78, 5) is 40.9. The number of hydrogen-bond donors (Lipinski definition) is 1. The molecule has 3 rings (SSSR count). The molecule has 2 aromatic carbocycles. The van der Waals surface area contributed by atoms with Gasteiger partial charge in [-0.3, -0.25) is 0 Å². The number of hydrogen-bond acceptors (Lipinski definition) is 7. The maximum absolute atomic E-state index is 12.4. The van der Waals surface area contributed by atoms with Crippen LogP contribution in [0, 0.1) is 0 Å². The first-order valence-corrected chi connectivity index (χ1v) is 11.9. The van der Waals surface area contributed by atoms with E-state index in [2.05, 4.69) is 10.5 Å². The van der Waals surface area contributed by atoms with Gasteiger partial charge in [-0.05, 0) is 0 Å². The molecule has 0 heterocycles. The van der Waals surface area contributed by atoms with Crippen molar-refractivity contribution in [3.05, 3.63) is 59.7 Å². The van der Waals surface area contributed by atoms with Crippen molar-refractivity contribution in [2.75, 3.05) is 7.11 Å². The van der Waals surface area contributed by atoms with Crippen molar-refractivity contribution >= 4 is 37.6 Å². The molecule has 0 bridgehead atoms. The minimum absolute atomic E-state index is 0.0375. The number of carbonyl (C=O) groups excluding carboxylic acids is 3. The van der Waals surface area contributed by atoms with Crippen molar-refractivity contribution in [2.45, 2.75) is 37.7 Å². The number of nitrogens with one attached hydrogen (secondary N) is 1. The molecule has 1 atom stereocenters. The number of nitrogens with zero attached hydrogens (tertiary/aromatic N) is 1. The van der Waals surface area contributed by atoms with Crippen LogP contribution in [0.4, 0.5) is 9.59 Å². The summed E-state index contributed by atoms with van der Waals surface area (Å²) in [6, 6.07) is 14.5. The summed E-state index contributed by atoms with van der Waals surface area (Å²) >= 11 is -0.796. The molecule has 0 fully saturated rings. The Morgan fingerprint density at radius 3 is 2.00 bits per heavy atom. The molecule has 0 saturated heterocycles. The van der Waals surface area contributed by atoms with Gasteiger partial charge in [0.05, 0.1) is 0 Å². The zero-order chi connectivity index (χ0) is 23.3. The molecule has 1 aliphatic rings. The number of rotatable bonds is 6. The monoisotopic (exact) mass is 504 g/mol. The van der Waals surface area contributed by atoms with Crippen molar-refractivity contribution in [2.24, 2.45) is 5.16 Å². The Kier molecular flexibility index (Phi) is 7.33. The van der Waals surface area contributed by atoms with Gasteiger partial charge >= 0.3 is 192 Å². The second kappa shape index (κ2) is 9.97. The molecule has 9 heteroatoms. The van der Waals surface area contributed by atoms with Crippen molar-refractivity contribution in [3.63, 3.8) is 0 Å². The van der Waals surface area contributed by atoms with E-state index in [9.17, 15) is 14.4 Å². The fraction of sp³-hybridized carbons (Fsp3) is 0.304. The first-order chi connectivity index (χ1) is 15.2. The molecule has 0 saturated carbocycles. The van der Waals surface area contributed by atoms with Gasteiger partial charge in [0.25, 0.3) is 0 Å². The number of methoxy groups -OCH3 is 1. The van der Waals surface area contributed by atoms with Crippen molar-refractivity contribution in [1.29, 1.82) is 0 Å². The van der Waals surface area contributed by atoms with Crippen LogP contribution in [0.5, 0.6) is 0 Å². The van der Waals surface area contributed by atoms with Crippen LogP contribution >= 0.6 is 0 Å². The molecule has 32 heavy (non-hydrogen) atoms. The third-order valence-electron chi connectivity index (χ3n) is 4.41. The van der Waals surface area contributed by atoms with Gasteiger partial charge in [0.2, 0.25) is 0 Å². The average Bonchev–Trinajstić information content (AvgIpc) is 3.07.